The second-order valence-corrected chi connectivity index (χ2v) is 5.38. The van der Waals surface area contributed by atoms with Gasteiger partial charge in [-0.3, -0.25) is 4.79 Å². The van der Waals surface area contributed by atoms with Gasteiger partial charge in [0.1, 0.15) is 11.5 Å². The smallest absolute Gasteiger partial charge is 0.255 e. The summed E-state index contributed by atoms with van der Waals surface area (Å²) in [4.78, 5) is 12.1. The van der Waals surface area contributed by atoms with Gasteiger partial charge >= 0.3 is 0 Å². The van der Waals surface area contributed by atoms with Crippen molar-refractivity contribution in [3.05, 3.63) is 23.8 Å². The minimum Gasteiger partial charge on any atom is -0.508 e. The van der Waals surface area contributed by atoms with E-state index in [0.717, 1.165) is 0 Å². The molecule has 3 N–H and O–H groups in total. The molecule has 0 spiro atoms. The Balaban J connectivity index is 1.75. The maximum Gasteiger partial charge on any atom is 0.255 e. The minimum absolute atomic E-state index is 0.00709. The first-order valence-corrected chi connectivity index (χ1v) is 6.48. The first-order chi connectivity index (χ1) is 8.65. The van der Waals surface area contributed by atoms with E-state index in [1.54, 1.807) is 0 Å². The van der Waals surface area contributed by atoms with Crippen LogP contribution in [0.1, 0.15) is 36.0 Å². The third-order valence-electron chi connectivity index (χ3n) is 3.78. The van der Waals surface area contributed by atoms with Crippen molar-refractivity contribution in [1.82, 2.24) is 5.32 Å². The van der Waals surface area contributed by atoms with Gasteiger partial charge in [-0.25, -0.2) is 0 Å². The van der Waals surface area contributed by atoms with E-state index in [4.69, 9.17) is 0 Å². The van der Waals surface area contributed by atoms with Crippen LogP contribution in [0.25, 0.3) is 0 Å². The molecule has 0 unspecified atom stereocenters. The number of hydrogen-bond acceptors (Lipinski definition) is 3. The molecule has 0 radical (unpaired) electrons. The largest absolute Gasteiger partial charge is 0.508 e. The predicted molar refractivity (Wildman–Crippen MR) is 66.5 cm³/mol. The number of rotatable bonds is 4. The fourth-order valence-corrected chi connectivity index (χ4v) is 2.47. The van der Waals surface area contributed by atoms with Gasteiger partial charge < -0.3 is 15.5 Å². The van der Waals surface area contributed by atoms with Gasteiger partial charge in [0.25, 0.3) is 5.91 Å². The van der Waals surface area contributed by atoms with Gasteiger partial charge in [-0.05, 0) is 55.7 Å². The highest BCUT2D eigenvalue weighted by Gasteiger charge is 2.42. The SMILES string of the molecule is O=C(NC(C1CC1)C1CC1)c1cc(O)ccc1O. The molecule has 2 aliphatic carbocycles. The maximum atomic E-state index is 12.1. The lowest BCUT2D eigenvalue weighted by atomic mass is 10.1. The van der Waals surface area contributed by atoms with Crippen molar-refractivity contribution >= 4 is 5.91 Å². The third kappa shape index (κ3) is 2.28. The van der Waals surface area contributed by atoms with Gasteiger partial charge in [-0.15, -0.1) is 0 Å². The third-order valence-corrected chi connectivity index (χ3v) is 3.78. The molecule has 0 aromatic heterocycles. The molecule has 2 aliphatic rings. The van der Waals surface area contributed by atoms with E-state index in [0.29, 0.717) is 11.8 Å². The van der Waals surface area contributed by atoms with Crippen molar-refractivity contribution < 1.29 is 15.0 Å². The predicted octanol–water partition coefficient (Wildman–Crippen LogP) is 2.02. The molecule has 96 valence electrons. The fraction of sp³-hybridized carbons (Fsp3) is 0.500. The molecule has 2 saturated carbocycles. The Morgan fingerprint density at radius 1 is 1.17 bits per heavy atom. The number of carbonyl (C=O) groups excluding carboxylic acids is 1. The van der Waals surface area contributed by atoms with Gasteiger partial charge in [0, 0.05) is 6.04 Å². The number of nitrogens with one attached hydrogen (secondary N) is 1. The Hall–Kier alpha value is -1.71. The molecule has 2 fully saturated rings. The zero-order chi connectivity index (χ0) is 12.7. The molecule has 18 heavy (non-hydrogen) atoms. The normalized spacial score (nSPS) is 18.9. The van der Waals surface area contributed by atoms with Crippen molar-refractivity contribution in [2.24, 2.45) is 11.8 Å². The van der Waals surface area contributed by atoms with E-state index >= 15 is 0 Å². The summed E-state index contributed by atoms with van der Waals surface area (Å²) in [6, 6.07) is 4.26. The van der Waals surface area contributed by atoms with Crippen molar-refractivity contribution in [2.75, 3.05) is 0 Å². The van der Waals surface area contributed by atoms with Crippen LogP contribution < -0.4 is 5.32 Å². The molecule has 1 amide bonds. The van der Waals surface area contributed by atoms with Crippen LogP contribution in [0.2, 0.25) is 0 Å². The van der Waals surface area contributed by atoms with Gasteiger partial charge in [0.15, 0.2) is 0 Å². The Morgan fingerprint density at radius 2 is 1.78 bits per heavy atom. The van der Waals surface area contributed by atoms with E-state index in [1.807, 2.05) is 0 Å². The quantitative estimate of drug-likeness (QED) is 0.713. The molecule has 0 aliphatic heterocycles. The van der Waals surface area contributed by atoms with E-state index in [-0.39, 0.29) is 29.0 Å². The summed E-state index contributed by atoms with van der Waals surface area (Å²) < 4.78 is 0. The average molecular weight is 247 g/mol. The number of aromatic hydroxyl groups is 2. The van der Waals surface area contributed by atoms with Crippen LogP contribution in [-0.4, -0.2) is 22.2 Å². The minimum atomic E-state index is -0.285. The van der Waals surface area contributed by atoms with Gasteiger partial charge in [0.05, 0.1) is 5.56 Å². The Bertz CT molecular complexity index is 466. The van der Waals surface area contributed by atoms with Crippen LogP contribution in [-0.2, 0) is 0 Å². The fourth-order valence-electron chi connectivity index (χ4n) is 2.47. The van der Waals surface area contributed by atoms with Crippen LogP contribution in [0.15, 0.2) is 18.2 Å². The first-order valence-electron chi connectivity index (χ1n) is 6.48. The van der Waals surface area contributed by atoms with Gasteiger partial charge in [0.2, 0.25) is 0 Å². The Kier molecular flexibility index (Phi) is 2.65. The topological polar surface area (TPSA) is 69.6 Å². The van der Waals surface area contributed by atoms with Crippen LogP contribution in [0, 0.1) is 11.8 Å². The summed E-state index contributed by atoms with van der Waals surface area (Å²) in [6.07, 6.45) is 4.75. The number of phenols is 2. The monoisotopic (exact) mass is 247 g/mol. The summed E-state index contributed by atoms with van der Waals surface area (Å²) in [5, 5.41) is 22.0. The van der Waals surface area contributed by atoms with Crippen LogP contribution in [0.4, 0.5) is 0 Å². The summed E-state index contributed by atoms with van der Waals surface area (Å²) in [5.41, 5.74) is 0.154. The summed E-state index contributed by atoms with van der Waals surface area (Å²) in [7, 11) is 0. The maximum absolute atomic E-state index is 12.1. The van der Waals surface area contributed by atoms with Gasteiger partial charge in [-0.2, -0.15) is 0 Å². The van der Waals surface area contributed by atoms with E-state index in [1.165, 1.54) is 43.9 Å². The Morgan fingerprint density at radius 3 is 2.33 bits per heavy atom. The van der Waals surface area contributed by atoms with Crippen LogP contribution >= 0.6 is 0 Å². The molecular formula is C14H17NO3. The highest BCUT2D eigenvalue weighted by molar-refractivity contribution is 5.97. The summed E-state index contributed by atoms with van der Waals surface area (Å²) >= 11 is 0. The van der Waals surface area contributed by atoms with E-state index in [2.05, 4.69) is 5.32 Å². The second kappa shape index (κ2) is 4.19. The lowest BCUT2D eigenvalue weighted by Gasteiger charge is -2.18. The molecule has 1 aromatic rings. The molecule has 4 nitrogen and oxygen atoms in total. The number of amides is 1. The molecule has 4 heteroatoms. The zero-order valence-electron chi connectivity index (χ0n) is 10.1. The second-order valence-electron chi connectivity index (χ2n) is 5.38. The molecule has 0 bridgehead atoms. The van der Waals surface area contributed by atoms with Crippen LogP contribution in [0.5, 0.6) is 11.5 Å². The number of hydrogen-bond donors (Lipinski definition) is 3. The number of benzene rings is 1. The number of carbonyl (C=O) groups is 1. The van der Waals surface area contributed by atoms with E-state index in [9.17, 15) is 15.0 Å². The molecule has 0 atom stereocenters. The van der Waals surface area contributed by atoms with Crippen molar-refractivity contribution in [3.8, 4) is 11.5 Å². The van der Waals surface area contributed by atoms with Gasteiger partial charge in [-0.1, -0.05) is 0 Å². The first kappa shape index (κ1) is 11.4. The van der Waals surface area contributed by atoms with Crippen LogP contribution in [0.3, 0.4) is 0 Å². The highest BCUT2D eigenvalue weighted by atomic mass is 16.3. The molecule has 1 aromatic carbocycles. The molecule has 3 rings (SSSR count). The standard InChI is InChI=1S/C14H17NO3/c16-10-5-6-12(17)11(7-10)14(18)15-13(8-1-2-8)9-3-4-9/h5-9,13,16-17H,1-4H2,(H,15,18). The lowest BCUT2D eigenvalue weighted by Crippen LogP contribution is -2.38. The molecular weight excluding hydrogens is 230 g/mol. The molecule has 0 saturated heterocycles. The number of phenolic OH excluding ortho intramolecular Hbond substituents is 2. The van der Waals surface area contributed by atoms with Crippen molar-refractivity contribution in [3.63, 3.8) is 0 Å². The highest BCUT2D eigenvalue weighted by Crippen LogP contribution is 2.44. The van der Waals surface area contributed by atoms with Crippen molar-refractivity contribution in [2.45, 2.75) is 31.7 Å². The summed E-state index contributed by atoms with van der Waals surface area (Å²) in [6.45, 7) is 0. The van der Waals surface area contributed by atoms with E-state index < -0.39 is 0 Å². The van der Waals surface area contributed by atoms with Crippen molar-refractivity contribution in [1.29, 1.82) is 0 Å². The lowest BCUT2D eigenvalue weighted by molar-refractivity contribution is 0.0923. The molecule has 0 heterocycles. The average Bonchev–Trinajstić information content (AvgIpc) is 3.21. The Labute approximate surface area is 106 Å². The summed E-state index contributed by atoms with van der Waals surface area (Å²) in [5.74, 6) is 0.844. The zero-order valence-corrected chi connectivity index (χ0v) is 10.1.